The van der Waals surface area contributed by atoms with Crippen LogP contribution in [0, 0.1) is 23.7 Å². The average Bonchev–Trinajstić information content (AvgIpc) is 3.40. The summed E-state index contributed by atoms with van der Waals surface area (Å²) in [6, 6.07) is 10.3. The summed E-state index contributed by atoms with van der Waals surface area (Å²) in [5.74, 6) is 3.21. The van der Waals surface area contributed by atoms with E-state index in [2.05, 4.69) is 0 Å². The quantitative estimate of drug-likeness (QED) is 0.169. The number of carbonyl (C=O) groups excluding carboxylic acids is 2. The zero-order valence-electron chi connectivity index (χ0n) is 34.7. The fourth-order valence-electron chi connectivity index (χ4n) is 9.32. The zero-order chi connectivity index (χ0) is 41.3. The number of fused-ring (bicyclic) bond motifs is 2. The summed E-state index contributed by atoms with van der Waals surface area (Å²) >= 11 is 0. The number of cyclic esters (lactones) is 1. The predicted octanol–water partition coefficient (Wildman–Crippen LogP) is 4.25. The highest BCUT2D eigenvalue weighted by molar-refractivity contribution is 5.79. The summed E-state index contributed by atoms with van der Waals surface area (Å²) in [6.45, 7) is 14.9. The number of amides is 1. The van der Waals surface area contributed by atoms with Gasteiger partial charge in [-0.1, -0.05) is 58.0 Å². The van der Waals surface area contributed by atoms with Gasteiger partial charge in [0.2, 0.25) is 0 Å². The Balaban J connectivity index is 1.56. The lowest BCUT2D eigenvalue weighted by Crippen LogP contribution is -2.62. The van der Waals surface area contributed by atoms with E-state index in [-0.39, 0.29) is 24.7 Å². The summed E-state index contributed by atoms with van der Waals surface area (Å²) in [6.07, 6.45) is -1.20. The maximum atomic E-state index is 13.9. The van der Waals surface area contributed by atoms with Crippen molar-refractivity contribution in [2.45, 2.75) is 141 Å². The molecule has 4 heterocycles. The van der Waals surface area contributed by atoms with Crippen molar-refractivity contribution in [3.63, 3.8) is 0 Å². The molecule has 1 amide bonds. The Kier molecular flexibility index (Phi) is 13.9. The lowest BCUT2D eigenvalue weighted by atomic mass is 9.72. The second kappa shape index (κ2) is 17.7. The third kappa shape index (κ3) is 8.92. The number of para-hydroxylation sites is 1. The second-order valence-corrected chi connectivity index (χ2v) is 17.1. The van der Waals surface area contributed by atoms with Gasteiger partial charge in [-0.05, 0) is 91.1 Å². The monoisotopic (exact) mass is 783 g/mol. The Morgan fingerprint density at radius 2 is 1.73 bits per heavy atom. The molecule has 0 radical (unpaired) electrons. The summed E-state index contributed by atoms with van der Waals surface area (Å²) < 4.78 is 32.0. The van der Waals surface area contributed by atoms with Gasteiger partial charge < -0.3 is 44.5 Å². The average molecular weight is 784 g/mol. The molecule has 3 aliphatic rings. The first kappa shape index (κ1) is 43.9. The van der Waals surface area contributed by atoms with Gasteiger partial charge in [-0.3, -0.25) is 4.79 Å². The summed E-state index contributed by atoms with van der Waals surface area (Å²) in [7, 11) is 3.80. The number of nitrogens with two attached hydrogens (primary N) is 2. The van der Waals surface area contributed by atoms with Crippen LogP contribution in [0.4, 0.5) is 4.79 Å². The zero-order valence-corrected chi connectivity index (χ0v) is 34.7. The third-order valence-corrected chi connectivity index (χ3v) is 12.6. The van der Waals surface area contributed by atoms with Crippen molar-refractivity contribution in [3.8, 4) is 0 Å². The standard InChI is InChI=1S/C42H65N5O9/c1-11-32-42(8)36(47(44)40(51)56-42)25(4)33(43)23(2)22-41(7,52-20-14-16-29-19-18-28-15-12-13-17-30(28)45-29)37(26(5)34(48)27(6)38(50)54-32)55-39-35(49)31(46(9)10)21-24(3)53-39/h12-19,23-27,31-37,39,48-49H,11,20-22,43-44H2,1-10H3/b16-14+/t23-,24-,25+,26+,27-,31+,32-,33?,34+,35-,36?,37-,39+,41+,42-/m1/s1. The Bertz CT molecular complexity index is 1700. The van der Waals surface area contributed by atoms with Gasteiger partial charge in [-0.2, -0.15) is 0 Å². The fourth-order valence-corrected chi connectivity index (χ4v) is 9.32. The first-order valence-electron chi connectivity index (χ1n) is 20.1. The van der Waals surface area contributed by atoms with Crippen LogP contribution in [0.5, 0.6) is 0 Å². The minimum Gasteiger partial charge on any atom is -0.458 e. The molecule has 56 heavy (non-hydrogen) atoms. The number of ether oxygens (including phenoxy) is 5. The molecule has 15 atom stereocenters. The first-order valence-corrected chi connectivity index (χ1v) is 20.1. The number of pyridine rings is 1. The van der Waals surface area contributed by atoms with Crippen LogP contribution in [-0.4, -0.2) is 124 Å². The van der Waals surface area contributed by atoms with Gasteiger partial charge in [-0.25, -0.2) is 20.6 Å². The van der Waals surface area contributed by atoms with Crippen molar-refractivity contribution in [1.82, 2.24) is 14.9 Å². The smallest absolute Gasteiger partial charge is 0.425 e. The van der Waals surface area contributed by atoms with E-state index in [1.54, 1.807) is 20.8 Å². The molecule has 1 aromatic carbocycles. The van der Waals surface area contributed by atoms with Crippen LogP contribution in [-0.2, 0) is 28.5 Å². The number of rotatable bonds is 8. The number of esters is 1. The molecular formula is C42H65N5O9. The number of hydrazine groups is 1. The number of hydrogen-bond donors (Lipinski definition) is 4. The van der Waals surface area contributed by atoms with Crippen LogP contribution in [0.1, 0.15) is 80.3 Å². The summed E-state index contributed by atoms with van der Waals surface area (Å²) in [5, 5.41) is 25.8. The van der Waals surface area contributed by atoms with Gasteiger partial charge in [0.1, 0.15) is 12.2 Å². The van der Waals surface area contributed by atoms with Crippen LogP contribution >= 0.6 is 0 Å². The van der Waals surface area contributed by atoms with Gasteiger partial charge in [0, 0.05) is 23.4 Å². The van der Waals surface area contributed by atoms with Crippen molar-refractivity contribution in [1.29, 1.82) is 0 Å². The molecule has 312 valence electrons. The van der Waals surface area contributed by atoms with E-state index in [9.17, 15) is 19.8 Å². The molecule has 3 aliphatic heterocycles. The number of aliphatic hydroxyl groups is 2. The highest BCUT2D eigenvalue weighted by Crippen LogP contribution is 2.43. The Morgan fingerprint density at radius 1 is 1.04 bits per heavy atom. The van der Waals surface area contributed by atoms with Crippen molar-refractivity contribution in [2.75, 3.05) is 20.7 Å². The van der Waals surface area contributed by atoms with Gasteiger partial charge in [0.05, 0.1) is 53.7 Å². The molecule has 14 heteroatoms. The third-order valence-electron chi connectivity index (χ3n) is 12.6. The fraction of sp³-hybridized carbons (Fsp3) is 0.690. The van der Waals surface area contributed by atoms with Crippen LogP contribution < -0.4 is 11.6 Å². The Hall–Kier alpha value is -3.21. The minimum absolute atomic E-state index is 0.130. The predicted molar refractivity (Wildman–Crippen MR) is 213 cm³/mol. The molecule has 0 saturated carbocycles. The molecule has 6 N–H and O–H groups in total. The number of aromatic nitrogens is 1. The molecule has 0 bridgehead atoms. The highest BCUT2D eigenvalue weighted by atomic mass is 16.7. The molecule has 0 spiro atoms. The van der Waals surface area contributed by atoms with E-state index in [4.69, 9.17) is 40.2 Å². The second-order valence-electron chi connectivity index (χ2n) is 17.1. The SMILES string of the molecule is CC[C@H]1OC(=O)[C@H](C)[C@@H](O)[C@H](C)[C@@H](O[C@@H]2O[C@H](C)C[C@H](N(C)C)[C@H]2O)[C@@](C)(OC/C=C/c2ccc3ccccc3n2)C[C@@H](C)C(N)[C@H](C)C2N(N)C(=O)O[C@@]21C. The number of carbonyl (C=O) groups is 2. The topological polar surface area (TPSA) is 192 Å². The summed E-state index contributed by atoms with van der Waals surface area (Å²) in [4.78, 5) is 33.7. The van der Waals surface area contributed by atoms with Gasteiger partial charge in [0.25, 0.3) is 0 Å². The molecule has 14 nitrogen and oxygen atoms in total. The van der Waals surface area contributed by atoms with Gasteiger partial charge >= 0.3 is 12.1 Å². The Labute approximate surface area is 331 Å². The molecular weight excluding hydrogens is 718 g/mol. The number of benzene rings is 1. The van der Waals surface area contributed by atoms with Gasteiger partial charge in [-0.15, -0.1) is 0 Å². The van der Waals surface area contributed by atoms with E-state index in [0.717, 1.165) is 21.6 Å². The first-order chi connectivity index (χ1) is 26.3. The largest absolute Gasteiger partial charge is 0.458 e. The van der Waals surface area contributed by atoms with E-state index in [0.29, 0.717) is 19.3 Å². The lowest BCUT2D eigenvalue weighted by Gasteiger charge is -2.49. The van der Waals surface area contributed by atoms with Gasteiger partial charge in [0.15, 0.2) is 11.9 Å². The molecule has 0 aliphatic carbocycles. The van der Waals surface area contributed by atoms with E-state index >= 15 is 0 Å². The lowest BCUT2D eigenvalue weighted by molar-refractivity contribution is -0.303. The van der Waals surface area contributed by atoms with Crippen molar-refractivity contribution in [2.24, 2.45) is 35.2 Å². The number of likely N-dealkylation sites (N-methyl/N-ethyl adjacent to an activating group) is 1. The number of aliphatic hydroxyl groups excluding tert-OH is 2. The van der Waals surface area contributed by atoms with E-state index < -0.39 is 83.8 Å². The molecule has 3 saturated heterocycles. The molecule has 3 fully saturated rings. The van der Waals surface area contributed by atoms with Crippen LogP contribution in [0.25, 0.3) is 17.0 Å². The molecule has 2 aromatic rings. The van der Waals surface area contributed by atoms with Crippen molar-refractivity contribution < 1.29 is 43.5 Å². The van der Waals surface area contributed by atoms with Crippen LogP contribution in [0.2, 0.25) is 0 Å². The van der Waals surface area contributed by atoms with Crippen LogP contribution in [0.15, 0.2) is 42.5 Å². The van der Waals surface area contributed by atoms with E-state index in [1.165, 1.54) is 0 Å². The maximum absolute atomic E-state index is 13.9. The van der Waals surface area contributed by atoms with Crippen LogP contribution in [0.3, 0.4) is 0 Å². The van der Waals surface area contributed by atoms with Crippen molar-refractivity contribution >= 4 is 29.0 Å². The minimum atomic E-state index is -1.32. The number of nitrogens with zero attached hydrogens (tertiary/aromatic N) is 3. The van der Waals surface area contributed by atoms with E-state index in [1.807, 2.05) is 102 Å². The van der Waals surface area contributed by atoms with Crippen molar-refractivity contribution in [3.05, 3.63) is 48.2 Å². The number of hydrogen-bond acceptors (Lipinski definition) is 13. The Morgan fingerprint density at radius 3 is 2.41 bits per heavy atom. The normalized spacial score (nSPS) is 40.4. The molecule has 5 rings (SSSR count). The summed E-state index contributed by atoms with van der Waals surface area (Å²) in [5.41, 5.74) is 6.23. The molecule has 2 unspecified atom stereocenters. The highest BCUT2D eigenvalue weighted by Gasteiger charge is 2.60. The molecule has 1 aromatic heterocycles. The maximum Gasteiger partial charge on any atom is 0.425 e.